The summed E-state index contributed by atoms with van der Waals surface area (Å²) in [6, 6.07) is 3.05. The van der Waals surface area contributed by atoms with Gasteiger partial charge in [0.05, 0.1) is 0 Å². The molecule has 1 N–H and O–H groups in total. The van der Waals surface area contributed by atoms with Crippen LogP contribution in [0.4, 0.5) is 10.2 Å². The van der Waals surface area contributed by atoms with E-state index in [-0.39, 0.29) is 11.4 Å². The van der Waals surface area contributed by atoms with Crippen LogP contribution in [0.25, 0.3) is 0 Å². The fourth-order valence-electron chi connectivity index (χ4n) is 2.04. The van der Waals surface area contributed by atoms with Gasteiger partial charge in [-0.05, 0) is 31.9 Å². The molecule has 1 fully saturated rings. The molecule has 2 nitrogen and oxygen atoms in total. The van der Waals surface area contributed by atoms with Crippen molar-refractivity contribution in [3.63, 3.8) is 0 Å². The van der Waals surface area contributed by atoms with Crippen molar-refractivity contribution in [2.45, 2.75) is 38.1 Å². The zero-order valence-corrected chi connectivity index (χ0v) is 8.39. The number of halogens is 1. The Hall–Kier alpha value is -1.12. The van der Waals surface area contributed by atoms with Crippen LogP contribution in [0, 0.1) is 5.82 Å². The molecule has 0 spiro atoms. The van der Waals surface area contributed by atoms with Gasteiger partial charge >= 0.3 is 0 Å². The molecule has 0 saturated heterocycles. The van der Waals surface area contributed by atoms with E-state index in [1.165, 1.54) is 18.9 Å². The number of anilines is 1. The van der Waals surface area contributed by atoms with Gasteiger partial charge in [0.1, 0.15) is 0 Å². The highest BCUT2D eigenvalue weighted by Gasteiger charge is 2.29. The smallest absolute Gasteiger partial charge is 0.165 e. The van der Waals surface area contributed by atoms with Gasteiger partial charge in [0, 0.05) is 11.7 Å². The first-order chi connectivity index (χ1) is 6.70. The molecular weight excluding hydrogens is 179 g/mol. The van der Waals surface area contributed by atoms with E-state index in [1.54, 1.807) is 12.3 Å². The SMILES string of the molecule is CC1(Nc2ncccc2F)CCCC1. The molecule has 1 aliphatic rings. The Morgan fingerprint density at radius 1 is 1.43 bits per heavy atom. The number of nitrogens with zero attached hydrogens (tertiary/aromatic N) is 1. The Balaban J connectivity index is 2.14. The van der Waals surface area contributed by atoms with Crippen LogP contribution in [-0.4, -0.2) is 10.5 Å². The van der Waals surface area contributed by atoms with E-state index in [0.717, 1.165) is 12.8 Å². The lowest BCUT2D eigenvalue weighted by molar-refractivity contribution is 0.521. The minimum atomic E-state index is -0.263. The molecule has 3 heteroatoms. The van der Waals surface area contributed by atoms with E-state index in [0.29, 0.717) is 5.82 Å². The average molecular weight is 194 g/mol. The van der Waals surface area contributed by atoms with Gasteiger partial charge in [0.2, 0.25) is 0 Å². The molecule has 1 aromatic rings. The summed E-state index contributed by atoms with van der Waals surface area (Å²) in [4.78, 5) is 4.00. The summed E-state index contributed by atoms with van der Waals surface area (Å²) in [5.74, 6) is 0.123. The predicted molar refractivity (Wildman–Crippen MR) is 54.7 cm³/mol. The minimum absolute atomic E-state index is 0.0369. The fourth-order valence-corrected chi connectivity index (χ4v) is 2.04. The summed E-state index contributed by atoms with van der Waals surface area (Å²) < 4.78 is 13.3. The van der Waals surface area contributed by atoms with E-state index >= 15 is 0 Å². The van der Waals surface area contributed by atoms with Crippen molar-refractivity contribution in [2.24, 2.45) is 0 Å². The van der Waals surface area contributed by atoms with Gasteiger partial charge in [0.25, 0.3) is 0 Å². The number of pyridine rings is 1. The lowest BCUT2D eigenvalue weighted by Crippen LogP contribution is -2.31. The standard InChI is InChI=1S/C11H15FN2/c1-11(6-2-3-7-11)14-10-9(12)5-4-8-13-10/h4-5,8H,2-3,6-7H2,1H3,(H,13,14). The molecule has 2 rings (SSSR count). The lowest BCUT2D eigenvalue weighted by atomic mass is 10.0. The molecule has 1 saturated carbocycles. The molecule has 0 radical (unpaired) electrons. The normalized spacial score (nSPS) is 19.6. The summed E-state index contributed by atoms with van der Waals surface area (Å²) in [5.41, 5.74) is 0.0369. The number of rotatable bonds is 2. The summed E-state index contributed by atoms with van der Waals surface area (Å²) in [5, 5.41) is 3.20. The van der Waals surface area contributed by atoms with Gasteiger partial charge in [0.15, 0.2) is 11.6 Å². The van der Waals surface area contributed by atoms with Crippen LogP contribution in [-0.2, 0) is 0 Å². The monoisotopic (exact) mass is 194 g/mol. The Bertz CT molecular complexity index is 319. The third-order valence-electron chi connectivity index (χ3n) is 2.89. The topological polar surface area (TPSA) is 24.9 Å². The quantitative estimate of drug-likeness (QED) is 0.782. The molecule has 0 aromatic carbocycles. The van der Waals surface area contributed by atoms with Gasteiger partial charge in [-0.25, -0.2) is 9.37 Å². The number of aromatic nitrogens is 1. The van der Waals surface area contributed by atoms with E-state index in [9.17, 15) is 4.39 Å². The highest BCUT2D eigenvalue weighted by molar-refractivity contribution is 5.38. The third kappa shape index (κ3) is 1.86. The van der Waals surface area contributed by atoms with Crippen molar-refractivity contribution >= 4 is 5.82 Å². The van der Waals surface area contributed by atoms with Crippen molar-refractivity contribution in [1.82, 2.24) is 4.98 Å². The van der Waals surface area contributed by atoms with Crippen LogP contribution in [0.3, 0.4) is 0 Å². The second-order valence-corrected chi connectivity index (χ2v) is 4.23. The molecule has 0 aliphatic heterocycles. The minimum Gasteiger partial charge on any atom is -0.362 e. The van der Waals surface area contributed by atoms with Gasteiger partial charge < -0.3 is 5.32 Å². The summed E-state index contributed by atoms with van der Waals surface area (Å²) in [6.45, 7) is 2.13. The number of hydrogen-bond donors (Lipinski definition) is 1. The Labute approximate surface area is 83.6 Å². The van der Waals surface area contributed by atoms with Crippen molar-refractivity contribution in [2.75, 3.05) is 5.32 Å². The van der Waals surface area contributed by atoms with Gasteiger partial charge in [-0.15, -0.1) is 0 Å². The molecular formula is C11H15FN2. The van der Waals surface area contributed by atoms with Crippen LogP contribution < -0.4 is 5.32 Å². The molecule has 76 valence electrons. The zero-order valence-electron chi connectivity index (χ0n) is 8.39. The Morgan fingerprint density at radius 2 is 2.14 bits per heavy atom. The first kappa shape index (κ1) is 9.44. The third-order valence-corrected chi connectivity index (χ3v) is 2.89. The lowest BCUT2D eigenvalue weighted by Gasteiger charge is -2.25. The van der Waals surface area contributed by atoms with E-state index in [2.05, 4.69) is 17.2 Å². The highest BCUT2D eigenvalue weighted by Crippen LogP contribution is 2.32. The molecule has 0 amide bonds. The van der Waals surface area contributed by atoms with Crippen molar-refractivity contribution in [3.8, 4) is 0 Å². The van der Waals surface area contributed by atoms with E-state index < -0.39 is 0 Å². The molecule has 14 heavy (non-hydrogen) atoms. The average Bonchev–Trinajstić information content (AvgIpc) is 2.57. The number of nitrogens with one attached hydrogen (secondary N) is 1. The van der Waals surface area contributed by atoms with E-state index in [1.807, 2.05) is 0 Å². The molecule has 1 aliphatic carbocycles. The van der Waals surface area contributed by atoms with Crippen molar-refractivity contribution in [3.05, 3.63) is 24.1 Å². The van der Waals surface area contributed by atoms with Gasteiger partial charge in [-0.2, -0.15) is 0 Å². The Kier molecular flexibility index (Phi) is 2.40. The maximum absolute atomic E-state index is 13.3. The summed E-state index contributed by atoms with van der Waals surface area (Å²) in [6.07, 6.45) is 6.26. The molecule has 0 atom stereocenters. The first-order valence-electron chi connectivity index (χ1n) is 5.08. The van der Waals surface area contributed by atoms with Crippen molar-refractivity contribution < 1.29 is 4.39 Å². The highest BCUT2D eigenvalue weighted by atomic mass is 19.1. The van der Waals surface area contributed by atoms with Gasteiger partial charge in [-0.1, -0.05) is 12.8 Å². The maximum Gasteiger partial charge on any atom is 0.165 e. The van der Waals surface area contributed by atoms with Gasteiger partial charge in [-0.3, -0.25) is 0 Å². The molecule has 1 aromatic heterocycles. The second-order valence-electron chi connectivity index (χ2n) is 4.23. The zero-order chi connectivity index (χ0) is 10.0. The van der Waals surface area contributed by atoms with E-state index in [4.69, 9.17) is 0 Å². The van der Waals surface area contributed by atoms with Crippen LogP contribution in [0.15, 0.2) is 18.3 Å². The summed E-state index contributed by atoms with van der Waals surface area (Å²) in [7, 11) is 0. The van der Waals surface area contributed by atoms with Crippen LogP contribution in [0.5, 0.6) is 0 Å². The summed E-state index contributed by atoms with van der Waals surface area (Å²) >= 11 is 0. The number of hydrogen-bond acceptors (Lipinski definition) is 2. The maximum atomic E-state index is 13.3. The molecule has 0 unspecified atom stereocenters. The largest absolute Gasteiger partial charge is 0.362 e. The van der Waals surface area contributed by atoms with Crippen LogP contribution in [0.2, 0.25) is 0 Å². The Morgan fingerprint density at radius 3 is 2.79 bits per heavy atom. The molecule has 0 bridgehead atoms. The van der Waals surface area contributed by atoms with Crippen LogP contribution >= 0.6 is 0 Å². The fraction of sp³-hybridized carbons (Fsp3) is 0.545. The molecule has 1 heterocycles. The predicted octanol–water partition coefficient (Wildman–Crippen LogP) is 2.97. The van der Waals surface area contributed by atoms with Crippen molar-refractivity contribution in [1.29, 1.82) is 0 Å². The first-order valence-corrected chi connectivity index (χ1v) is 5.08. The second kappa shape index (κ2) is 3.56. The van der Waals surface area contributed by atoms with Crippen LogP contribution in [0.1, 0.15) is 32.6 Å².